The van der Waals surface area contributed by atoms with E-state index in [-0.39, 0.29) is 0 Å². The molecule has 0 aromatic heterocycles. The average Bonchev–Trinajstić information content (AvgIpc) is 2.17. The van der Waals surface area contributed by atoms with Gasteiger partial charge in [-0.15, -0.1) is 0 Å². The molecule has 13 heavy (non-hydrogen) atoms. The minimum Gasteiger partial charge on any atom is -0.376 e. The zero-order valence-electron chi connectivity index (χ0n) is 8.34. The molecule has 70 valence electrons. The highest BCUT2D eigenvalue weighted by Crippen LogP contribution is 2.26. The smallest absolute Gasteiger partial charge is 0.0719 e. The zero-order chi connectivity index (χ0) is 9.26. The molecule has 0 saturated heterocycles. The fourth-order valence-corrected chi connectivity index (χ4v) is 1.99. The monoisotopic (exact) mass is 176 g/mol. The van der Waals surface area contributed by atoms with E-state index in [9.17, 15) is 0 Å². The van der Waals surface area contributed by atoms with Crippen molar-refractivity contribution in [2.75, 3.05) is 6.61 Å². The molecular weight excluding hydrogens is 160 g/mol. The summed E-state index contributed by atoms with van der Waals surface area (Å²) in [6.45, 7) is 6.20. The van der Waals surface area contributed by atoms with E-state index in [1.54, 1.807) is 0 Å². The second-order valence-electron chi connectivity index (χ2n) is 3.94. The Bertz CT molecular complexity index is 302. The van der Waals surface area contributed by atoms with Crippen LogP contribution < -0.4 is 0 Å². The van der Waals surface area contributed by atoms with Crippen LogP contribution in [0, 0.1) is 0 Å². The topological polar surface area (TPSA) is 9.23 Å². The molecule has 1 aliphatic heterocycles. The van der Waals surface area contributed by atoms with Gasteiger partial charge in [-0.3, -0.25) is 0 Å². The largest absolute Gasteiger partial charge is 0.376 e. The summed E-state index contributed by atoms with van der Waals surface area (Å²) in [7, 11) is 0. The van der Waals surface area contributed by atoms with Crippen LogP contribution >= 0.6 is 0 Å². The Morgan fingerprint density at radius 2 is 2.15 bits per heavy atom. The molecule has 0 atom stereocenters. The summed E-state index contributed by atoms with van der Waals surface area (Å²) >= 11 is 0. The van der Waals surface area contributed by atoms with E-state index in [0.717, 1.165) is 19.6 Å². The van der Waals surface area contributed by atoms with Gasteiger partial charge in [0, 0.05) is 0 Å². The number of hydrogen-bond acceptors (Lipinski definition) is 1. The van der Waals surface area contributed by atoms with Crippen molar-refractivity contribution in [3.63, 3.8) is 0 Å². The average molecular weight is 176 g/mol. The molecular formula is C12H16O. The lowest BCUT2D eigenvalue weighted by atomic mass is 9.91. The van der Waals surface area contributed by atoms with Crippen molar-refractivity contribution in [1.82, 2.24) is 0 Å². The first-order valence-corrected chi connectivity index (χ1v) is 4.97. The van der Waals surface area contributed by atoms with Gasteiger partial charge in [0.2, 0.25) is 0 Å². The molecule has 2 rings (SSSR count). The summed E-state index contributed by atoms with van der Waals surface area (Å²) in [5, 5.41) is 0. The van der Waals surface area contributed by atoms with Crippen LogP contribution in [0.1, 0.15) is 36.5 Å². The van der Waals surface area contributed by atoms with Gasteiger partial charge >= 0.3 is 0 Å². The van der Waals surface area contributed by atoms with Crippen molar-refractivity contribution in [3.8, 4) is 0 Å². The molecule has 1 heterocycles. The third kappa shape index (κ3) is 1.61. The lowest BCUT2D eigenvalue weighted by molar-refractivity contribution is 0.110. The summed E-state index contributed by atoms with van der Waals surface area (Å²) in [6.07, 6.45) is 1.09. The highest BCUT2D eigenvalue weighted by atomic mass is 16.5. The summed E-state index contributed by atoms with van der Waals surface area (Å²) < 4.78 is 5.43. The molecule has 0 spiro atoms. The molecule has 0 N–H and O–H groups in total. The van der Waals surface area contributed by atoms with Crippen LogP contribution in [0.15, 0.2) is 18.2 Å². The van der Waals surface area contributed by atoms with Crippen molar-refractivity contribution in [3.05, 3.63) is 34.9 Å². The number of hydrogen-bond donors (Lipinski definition) is 0. The predicted octanol–water partition coefficient (Wildman–Crippen LogP) is 2.88. The Kier molecular flexibility index (Phi) is 2.36. The van der Waals surface area contributed by atoms with Crippen LogP contribution in [0.2, 0.25) is 0 Å². The number of fused-ring (bicyclic) bond motifs is 1. The second kappa shape index (κ2) is 3.51. The van der Waals surface area contributed by atoms with E-state index < -0.39 is 0 Å². The van der Waals surface area contributed by atoms with Crippen molar-refractivity contribution >= 4 is 0 Å². The van der Waals surface area contributed by atoms with Gasteiger partial charge in [0.1, 0.15) is 0 Å². The molecule has 0 fully saturated rings. The maximum atomic E-state index is 5.43. The Morgan fingerprint density at radius 1 is 1.31 bits per heavy atom. The molecule has 1 aromatic rings. The molecule has 1 aromatic carbocycles. The molecule has 1 aliphatic rings. The maximum absolute atomic E-state index is 5.43. The fraction of sp³-hybridized carbons (Fsp3) is 0.500. The Balaban J connectivity index is 2.46. The van der Waals surface area contributed by atoms with E-state index in [2.05, 4.69) is 32.0 Å². The summed E-state index contributed by atoms with van der Waals surface area (Å²) in [5.74, 6) is 0.632. The fourth-order valence-electron chi connectivity index (χ4n) is 1.99. The first-order chi connectivity index (χ1) is 6.29. The summed E-state index contributed by atoms with van der Waals surface area (Å²) in [4.78, 5) is 0. The third-order valence-electron chi connectivity index (χ3n) is 2.69. The van der Waals surface area contributed by atoms with Gasteiger partial charge < -0.3 is 4.74 Å². The quantitative estimate of drug-likeness (QED) is 0.639. The van der Waals surface area contributed by atoms with Crippen LogP contribution in [-0.4, -0.2) is 6.61 Å². The highest BCUT2D eigenvalue weighted by molar-refractivity contribution is 5.37. The number of ether oxygens (including phenoxy) is 1. The molecule has 0 amide bonds. The molecule has 0 aliphatic carbocycles. The van der Waals surface area contributed by atoms with Crippen LogP contribution in [-0.2, 0) is 17.8 Å². The Morgan fingerprint density at radius 3 is 2.92 bits per heavy atom. The van der Waals surface area contributed by atoms with Crippen LogP contribution in [0.4, 0.5) is 0 Å². The maximum Gasteiger partial charge on any atom is 0.0719 e. The molecule has 1 heteroatoms. The van der Waals surface area contributed by atoms with Crippen molar-refractivity contribution in [1.29, 1.82) is 0 Å². The van der Waals surface area contributed by atoms with Gasteiger partial charge in [0.25, 0.3) is 0 Å². The molecule has 0 saturated carbocycles. The Hall–Kier alpha value is -0.820. The van der Waals surface area contributed by atoms with Gasteiger partial charge in [0.05, 0.1) is 13.2 Å². The third-order valence-corrected chi connectivity index (χ3v) is 2.69. The van der Waals surface area contributed by atoms with Crippen LogP contribution in [0.25, 0.3) is 0 Å². The van der Waals surface area contributed by atoms with Gasteiger partial charge in [-0.1, -0.05) is 32.0 Å². The van der Waals surface area contributed by atoms with Crippen LogP contribution in [0.3, 0.4) is 0 Å². The normalized spacial score (nSPS) is 15.9. The van der Waals surface area contributed by atoms with E-state index in [4.69, 9.17) is 4.74 Å². The van der Waals surface area contributed by atoms with Gasteiger partial charge in [-0.05, 0) is 29.0 Å². The van der Waals surface area contributed by atoms with E-state index in [0.29, 0.717) is 5.92 Å². The lowest BCUT2D eigenvalue weighted by Crippen LogP contribution is -2.12. The first-order valence-electron chi connectivity index (χ1n) is 4.97. The van der Waals surface area contributed by atoms with E-state index in [1.807, 2.05) is 0 Å². The number of benzene rings is 1. The second-order valence-corrected chi connectivity index (χ2v) is 3.94. The van der Waals surface area contributed by atoms with Crippen molar-refractivity contribution in [2.24, 2.45) is 0 Å². The van der Waals surface area contributed by atoms with Crippen LogP contribution in [0.5, 0.6) is 0 Å². The summed E-state index contributed by atoms with van der Waals surface area (Å²) in [6, 6.07) is 6.57. The van der Waals surface area contributed by atoms with Gasteiger partial charge in [0.15, 0.2) is 0 Å². The minimum absolute atomic E-state index is 0.632. The lowest BCUT2D eigenvalue weighted by Gasteiger charge is -2.21. The first kappa shape index (κ1) is 8.76. The van der Waals surface area contributed by atoms with Gasteiger partial charge in [-0.25, -0.2) is 0 Å². The highest BCUT2D eigenvalue weighted by Gasteiger charge is 2.14. The molecule has 0 unspecified atom stereocenters. The van der Waals surface area contributed by atoms with E-state index in [1.165, 1.54) is 16.7 Å². The summed E-state index contributed by atoms with van der Waals surface area (Å²) in [5.41, 5.74) is 4.42. The molecule has 0 radical (unpaired) electrons. The zero-order valence-corrected chi connectivity index (χ0v) is 8.34. The predicted molar refractivity (Wildman–Crippen MR) is 53.9 cm³/mol. The Labute approximate surface area is 79.7 Å². The van der Waals surface area contributed by atoms with Gasteiger partial charge in [-0.2, -0.15) is 0 Å². The van der Waals surface area contributed by atoms with Crippen molar-refractivity contribution < 1.29 is 4.74 Å². The van der Waals surface area contributed by atoms with Crippen molar-refractivity contribution in [2.45, 2.75) is 32.8 Å². The molecule has 1 nitrogen and oxygen atoms in total. The minimum atomic E-state index is 0.632. The van der Waals surface area contributed by atoms with E-state index >= 15 is 0 Å². The standard InChI is InChI=1S/C12H16O/c1-9(2)11-5-3-4-10-8-13-7-6-12(10)11/h3-5,9H,6-8H2,1-2H3. The molecule has 0 bridgehead atoms. The SMILES string of the molecule is CC(C)c1cccc2c1CCOC2. The number of rotatable bonds is 1.